The van der Waals surface area contributed by atoms with Gasteiger partial charge in [0.1, 0.15) is 5.75 Å². The second kappa shape index (κ2) is 12.2. The summed E-state index contributed by atoms with van der Waals surface area (Å²) in [6.45, 7) is 6.82. The van der Waals surface area contributed by atoms with E-state index in [2.05, 4.69) is 10.5 Å². The molecule has 0 spiro atoms. The average molecular weight is 461 g/mol. The van der Waals surface area contributed by atoms with Crippen LogP contribution in [0.3, 0.4) is 0 Å². The number of rotatable bonds is 10. The molecule has 1 N–H and O–H groups in total. The van der Waals surface area contributed by atoms with Gasteiger partial charge in [0.15, 0.2) is 11.5 Å². The molecule has 3 aromatic rings. The Labute approximate surface area is 199 Å². The third-order valence-corrected chi connectivity index (χ3v) is 4.73. The third kappa shape index (κ3) is 6.93. The van der Waals surface area contributed by atoms with Crippen LogP contribution in [0.5, 0.6) is 17.2 Å². The van der Waals surface area contributed by atoms with Gasteiger partial charge < -0.3 is 14.2 Å². The molecule has 0 saturated heterocycles. The van der Waals surface area contributed by atoms with E-state index in [1.165, 1.54) is 6.21 Å². The van der Waals surface area contributed by atoms with E-state index in [1.807, 2.05) is 32.9 Å². The van der Waals surface area contributed by atoms with Crippen molar-refractivity contribution in [3.05, 3.63) is 89.0 Å². The van der Waals surface area contributed by atoms with Crippen LogP contribution in [0.1, 0.15) is 52.1 Å². The highest BCUT2D eigenvalue weighted by molar-refractivity contribution is 5.95. The molecule has 34 heavy (non-hydrogen) atoms. The topological polar surface area (TPSA) is 86.2 Å². The van der Waals surface area contributed by atoms with Crippen molar-refractivity contribution in [1.82, 2.24) is 5.43 Å². The van der Waals surface area contributed by atoms with E-state index in [-0.39, 0.29) is 5.91 Å². The number of ether oxygens (including phenoxy) is 3. The molecule has 3 rings (SSSR count). The molecular formula is C27H28N2O5. The van der Waals surface area contributed by atoms with Crippen LogP contribution in [0.4, 0.5) is 0 Å². The van der Waals surface area contributed by atoms with Gasteiger partial charge in [0, 0.05) is 5.56 Å². The van der Waals surface area contributed by atoms with Crippen molar-refractivity contribution in [3.63, 3.8) is 0 Å². The van der Waals surface area contributed by atoms with E-state index in [9.17, 15) is 9.59 Å². The van der Waals surface area contributed by atoms with Crippen molar-refractivity contribution in [2.75, 3.05) is 13.2 Å². The number of hydrogen-bond acceptors (Lipinski definition) is 6. The highest BCUT2D eigenvalue weighted by Crippen LogP contribution is 2.29. The maximum Gasteiger partial charge on any atom is 0.343 e. The van der Waals surface area contributed by atoms with Crippen LogP contribution in [0.25, 0.3) is 0 Å². The highest BCUT2D eigenvalue weighted by atomic mass is 16.6. The van der Waals surface area contributed by atoms with E-state index >= 15 is 0 Å². The van der Waals surface area contributed by atoms with Gasteiger partial charge in [0.25, 0.3) is 5.91 Å². The molecule has 0 radical (unpaired) electrons. The molecule has 0 aliphatic carbocycles. The smallest absolute Gasteiger partial charge is 0.343 e. The third-order valence-electron chi connectivity index (χ3n) is 4.73. The molecular weight excluding hydrogens is 432 g/mol. The fourth-order valence-electron chi connectivity index (χ4n) is 2.96. The predicted octanol–water partition coefficient (Wildman–Crippen LogP) is 5.17. The van der Waals surface area contributed by atoms with Crippen LogP contribution in [0.2, 0.25) is 0 Å². The predicted molar refractivity (Wildman–Crippen MR) is 131 cm³/mol. The van der Waals surface area contributed by atoms with Crippen molar-refractivity contribution < 1.29 is 23.8 Å². The van der Waals surface area contributed by atoms with E-state index in [4.69, 9.17) is 14.2 Å². The maximum absolute atomic E-state index is 12.6. The molecule has 1 amide bonds. The Hall–Kier alpha value is -4.13. The first-order chi connectivity index (χ1) is 16.5. The Balaban J connectivity index is 1.66. The van der Waals surface area contributed by atoms with Gasteiger partial charge in [-0.2, -0.15) is 5.10 Å². The Morgan fingerprint density at radius 1 is 0.882 bits per heavy atom. The number of hydrogen-bond donors (Lipinski definition) is 1. The van der Waals surface area contributed by atoms with Crippen LogP contribution in [0.15, 0.2) is 71.8 Å². The van der Waals surface area contributed by atoms with Gasteiger partial charge in [-0.15, -0.1) is 0 Å². The molecule has 176 valence electrons. The van der Waals surface area contributed by atoms with Gasteiger partial charge in [-0.3, -0.25) is 4.79 Å². The van der Waals surface area contributed by atoms with Crippen LogP contribution in [-0.2, 0) is 0 Å². The zero-order chi connectivity index (χ0) is 24.3. The first-order valence-electron chi connectivity index (χ1n) is 11.1. The molecule has 0 aliphatic rings. The van der Waals surface area contributed by atoms with Gasteiger partial charge in [-0.25, -0.2) is 10.2 Å². The highest BCUT2D eigenvalue weighted by Gasteiger charge is 2.13. The van der Waals surface area contributed by atoms with Crippen molar-refractivity contribution >= 4 is 18.1 Å². The number of carbonyl (C=O) groups excluding carboxylic acids is 2. The molecule has 0 saturated carbocycles. The zero-order valence-corrected chi connectivity index (χ0v) is 19.5. The summed E-state index contributed by atoms with van der Waals surface area (Å²) in [7, 11) is 0. The van der Waals surface area contributed by atoms with Crippen LogP contribution >= 0.6 is 0 Å². The first-order valence-corrected chi connectivity index (χ1v) is 11.1. The second-order valence-electron chi connectivity index (χ2n) is 7.47. The second-order valence-corrected chi connectivity index (χ2v) is 7.47. The fourth-order valence-corrected chi connectivity index (χ4v) is 2.96. The molecule has 0 heterocycles. The minimum Gasteiger partial charge on any atom is -0.494 e. The Kier molecular flexibility index (Phi) is 8.80. The lowest BCUT2D eigenvalue weighted by molar-refractivity contribution is 0.0728. The summed E-state index contributed by atoms with van der Waals surface area (Å²) < 4.78 is 16.7. The monoisotopic (exact) mass is 460 g/mol. The number of aryl methyl sites for hydroxylation is 1. The normalized spacial score (nSPS) is 10.7. The SMILES string of the molecule is CCCOc1ccc(C(=O)Oc2ccc(C=NNC(=O)c3ccc(C)cc3)cc2OCC)cc1. The van der Waals surface area contributed by atoms with Crippen molar-refractivity contribution in [2.45, 2.75) is 27.2 Å². The Morgan fingerprint density at radius 2 is 1.59 bits per heavy atom. The average Bonchev–Trinajstić information content (AvgIpc) is 2.85. The number of nitrogens with one attached hydrogen (secondary N) is 1. The van der Waals surface area contributed by atoms with Crippen LogP contribution in [-0.4, -0.2) is 31.3 Å². The molecule has 7 heteroatoms. The number of amides is 1. The number of esters is 1. The molecule has 0 aliphatic heterocycles. The standard InChI is InChI=1S/C27H28N2O5/c1-4-16-33-23-13-11-22(12-14-23)27(31)34-24-15-8-20(17-25(24)32-5-2)18-28-29-26(30)21-9-6-19(3)7-10-21/h6-15,17-18H,4-5,16H2,1-3H3,(H,29,30). The first kappa shape index (κ1) is 24.5. The largest absolute Gasteiger partial charge is 0.494 e. The van der Waals surface area contributed by atoms with E-state index < -0.39 is 5.97 Å². The van der Waals surface area contributed by atoms with Gasteiger partial charge in [-0.1, -0.05) is 24.6 Å². The summed E-state index contributed by atoms with van der Waals surface area (Å²) in [6, 6.07) is 19.0. The summed E-state index contributed by atoms with van der Waals surface area (Å²) >= 11 is 0. The van der Waals surface area contributed by atoms with Crippen LogP contribution in [0, 0.1) is 6.92 Å². The van der Waals surface area contributed by atoms with Gasteiger partial charge in [-0.05, 0) is 80.4 Å². The molecule has 7 nitrogen and oxygen atoms in total. The lowest BCUT2D eigenvalue weighted by atomic mass is 10.1. The lowest BCUT2D eigenvalue weighted by Gasteiger charge is -2.12. The summed E-state index contributed by atoms with van der Waals surface area (Å²) in [6.07, 6.45) is 2.40. The number of nitrogens with zero attached hydrogens (tertiary/aromatic N) is 1. The van der Waals surface area contributed by atoms with Crippen LogP contribution < -0.4 is 19.6 Å². The fraction of sp³-hybridized carbons (Fsp3) is 0.222. The van der Waals surface area contributed by atoms with E-state index in [1.54, 1.807) is 54.6 Å². The maximum atomic E-state index is 12.6. The molecule has 0 atom stereocenters. The Bertz CT molecular complexity index is 1140. The molecule has 0 unspecified atom stereocenters. The van der Waals surface area contributed by atoms with Gasteiger partial charge in [0.2, 0.25) is 0 Å². The van der Waals surface area contributed by atoms with Gasteiger partial charge >= 0.3 is 5.97 Å². The molecule has 0 fully saturated rings. The molecule has 3 aromatic carbocycles. The van der Waals surface area contributed by atoms with E-state index in [0.29, 0.717) is 47.2 Å². The summed E-state index contributed by atoms with van der Waals surface area (Å²) in [5, 5.41) is 4.01. The van der Waals surface area contributed by atoms with Crippen molar-refractivity contribution in [2.24, 2.45) is 5.10 Å². The minimum atomic E-state index is -0.505. The number of carbonyl (C=O) groups is 2. The van der Waals surface area contributed by atoms with Crippen molar-refractivity contribution in [3.8, 4) is 17.2 Å². The number of benzene rings is 3. The van der Waals surface area contributed by atoms with Gasteiger partial charge in [0.05, 0.1) is 25.0 Å². The number of hydrazone groups is 1. The quantitative estimate of drug-likeness (QED) is 0.195. The molecule has 0 bridgehead atoms. The summed E-state index contributed by atoms with van der Waals surface area (Å²) in [5.74, 6) is 0.575. The summed E-state index contributed by atoms with van der Waals surface area (Å²) in [4.78, 5) is 24.8. The molecule has 0 aromatic heterocycles. The lowest BCUT2D eigenvalue weighted by Crippen LogP contribution is -2.17. The Morgan fingerprint density at radius 3 is 2.26 bits per heavy atom. The minimum absolute atomic E-state index is 0.291. The van der Waals surface area contributed by atoms with Crippen molar-refractivity contribution in [1.29, 1.82) is 0 Å². The van der Waals surface area contributed by atoms with E-state index in [0.717, 1.165) is 12.0 Å². The summed E-state index contributed by atoms with van der Waals surface area (Å²) in [5.41, 5.74) is 5.16. The zero-order valence-electron chi connectivity index (χ0n) is 19.5.